The first-order valence-corrected chi connectivity index (χ1v) is 6.48. The van der Waals surface area contributed by atoms with Crippen molar-refractivity contribution in [3.05, 3.63) is 30.1 Å². The molecule has 7 heteroatoms. The van der Waals surface area contributed by atoms with Gasteiger partial charge >= 0.3 is 6.03 Å². The minimum absolute atomic E-state index is 0.179. The number of nitrogens with one attached hydrogen (secondary N) is 1. The van der Waals surface area contributed by atoms with Crippen LogP contribution in [0.1, 0.15) is 18.9 Å². The molecule has 0 aliphatic carbocycles. The Morgan fingerprint density at radius 1 is 1.60 bits per heavy atom. The predicted octanol–water partition coefficient (Wildman–Crippen LogP) is 1.66. The highest BCUT2D eigenvalue weighted by molar-refractivity contribution is 6.31. The SMILES string of the molecule is CC(Cl)C(=O)NC(=O)N(CCC#N)Cc1cccnc1. The van der Waals surface area contributed by atoms with Crippen molar-refractivity contribution in [1.29, 1.82) is 5.26 Å². The van der Waals surface area contributed by atoms with E-state index in [2.05, 4.69) is 10.3 Å². The molecule has 0 saturated heterocycles. The van der Waals surface area contributed by atoms with Crippen LogP contribution in [0.2, 0.25) is 0 Å². The topological polar surface area (TPSA) is 86.1 Å². The third-order valence-electron chi connectivity index (χ3n) is 2.47. The van der Waals surface area contributed by atoms with Gasteiger partial charge in [-0.25, -0.2) is 4.79 Å². The average molecular weight is 295 g/mol. The van der Waals surface area contributed by atoms with Crippen LogP contribution in [-0.4, -0.2) is 33.7 Å². The Labute approximate surface area is 122 Å². The summed E-state index contributed by atoms with van der Waals surface area (Å²) < 4.78 is 0. The molecule has 1 heterocycles. The first kappa shape index (κ1) is 15.9. The fraction of sp³-hybridized carbons (Fsp3) is 0.385. The summed E-state index contributed by atoms with van der Waals surface area (Å²) >= 11 is 5.60. The summed E-state index contributed by atoms with van der Waals surface area (Å²) in [6, 6.07) is 4.96. The number of rotatable bonds is 5. The lowest BCUT2D eigenvalue weighted by Crippen LogP contribution is -2.45. The second-order valence-corrected chi connectivity index (χ2v) is 4.76. The number of aromatic nitrogens is 1. The quantitative estimate of drug-likeness (QED) is 0.837. The summed E-state index contributed by atoms with van der Waals surface area (Å²) in [6.07, 6.45) is 3.43. The summed E-state index contributed by atoms with van der Waals surface area (Å²) in [5.74, 6) is -0.565. The average Bonchev–Trinajstić information content (AvgIpc) is 2.44. The van der Waals surface area contributed by atoms with Gasteiger partial charge in [0.2, 0.25) is 5.91 Å². The molecular weight excluding hydrogens is 280 g/mol. The summed E-state index contributed by atoms with van der Waals surface area (Å²) in [6.45, 7) is 1.97. The molecule has 0 aliphatic rings. The van der Waals surface area contributed by atoms with Crippen LogP contribution < -0.4 is 5.32 Å². The molecule has 106 valence electrons. The Hall–Kier alpha value is -2.13. The number of imide groups is 1. The number of urea groups is 1. The van der Waals surface area contributed by atoms with E-state index < -0.39 is 17.3 Å². The Balaban J connectivity index is 2.71. The second kappa shape index (κ2) is 8.12. The maximum Gasteiger partial charge on any atom is 0.324 e. The van der Waals surface area contributed by atoms with Gasteiger partial charge in [0.15, 0.2) is 0 Å². The molecule has 1 N–H and O–H groups in total. The van der Waals surface area contributed by atoms with Crippen LogP contribution in [0.3, 0.4) is 0 Å². The number of pyridine rings is 1. The summed E-state index contributed by atoms with van der Waals surface area (Å²) in [4.78, 5) is 28.7. The van der Waals surface area contributed by atoms with Crippen molar-refractivity contribution in [2.75, 3.05) is 6.54 Å². The Morgan fingerprint density at radius 3 is 2.90 bits per heavy atom. The zero-order valence-electron chi connectivity index (χ0n) is 11.0. The number of halogens is 1. The van der Waals surface area contributed by atoms with Gasteiger partial charge in [-0.05, 0) is 18.6 Å². The van der Waals surface area contributed by atoms with E-state index in [4.69, 9.17) is 16.9 Å². The lowest BCUT2D eigenvalue weighted by molar-refractivity contribution is -0.119. The van der Waals surface area contributed by atoms with E-state index in [-0.39, 0.29) is 19.5 Å². The van der Waals surface area contributed by atoms with Gasteiger partial charge in [-0.15, -0.1) is 11.6 Å². The highest BCUT2D eigenvalue weighted by atomic mass is 35.5. The van der Waals surface area contributed by atoms with Crippen LogP contribution in [0.25, 0.3) is 0 Å². The van der Waals surface area contributed by atoms with E-state index >= 15 is 0 Å². The first-order chi connectivity index (χ1) is 9.54. The van der Waals surface area contributed by atoms with E-state index in [9.17, 15) is 9.59 Å². The Bertz CT molecular complexity index is 499. The summed E-state index contributed by atoms with van der Waals surface area (Å²) in [5.41, 5.74) is 0.812. The molecule has 0 radical (unpaired) electrons. The maximum atomic E-state index is 12.0. The molecule has 0 spiro atoms. The number of hydrogen-bond acceptors (Lipinski definition) is 4. The molecule has 0 bridgehead atoms. The van der Waals surface area contributed by atoms with Gasteiger partial charge in [-0.2, -0.15) is 5.26 Å². The van der Waals surface area contributed by atoms with E-state index in [1.807, 2.05) is 12.1 Å². The molecule has 1 unspecified atom stereocenters. The number of hydrogen-bond donors (Lipinski definition) is 1. The minimum Gasteiger partial charge on any atom is -0.319 e. The van der Waals surface area contributed by atoms with E-state index in [1.165, 1.54) is 11.8 Å². The zero-order chi connectivity index (χ0) is 15.0. The largest absolute Gasteiger partial charge is 0.324 e. The number of alkyl halides is 1. The molecule has 0 aliphatic heterocycles. The lowest BCUT2D eigenvalue weighted by Gasteiger charge is -2.21. The normalized spacial score (nSPS) is 11.2. The standard InChI is InChI=1S/C13H15ClN4O2/c1-10(14)12(19)17-13(20)18(7-3-5-15)9-11-4-2-6-16-8-11/h2,4,6,8,10H,3,7,9H2,1H3,(H,17,19,20). The smallest absolute Gasteiger partial charge is 0.319 e. The number of carbonyl (C=O) groups excluding carboxylic acids is 2. The van der Waals surface area contributed by atoms with Crippen molar-refractivity contribution in [1.82, 2.24) is 15.2 Å². The van der Waals surface area contributed by atoms with Gasteiger partial charge < -0.3 is 4.90 Å². The van der Waals surface area contributed by atoms with E-state index in [0.29, 0.717) is 0 Å². The zero-order valence-corrected chi connectivity index (χ0v) is 11.8. The van der Waals surface area contributed by atoms with Gasteiger partial charge in [-0.3, -0.25) is 15.1 Å². The molecular formula is C13H15ClN4O2. The van der Waals surface area contributed by atoms with Crippen molar-refractivity contribution >= 4 is 23.5 Å². The maximum absolute atomic E-state index is 12.0. The van der Waals surface area contributed by atoms with Crippen molar-refractivity contribution in [2.24, 2.45) is 0 Å². The third-order valence-corrected chi connectivity index (χ3v) is 2.67. The van der Waals surface area contributed by atoms with Crippen molar-refractivity contribution < 1.29 is 9.59 Å². The molecule has 1 atom stereocenters. The second-order valence-electron chi connectivity index (χ2n) is 4.10. The minimum atomic E-state index is -0.796. The number of carbonyl (C=O) groups is 2. The van der Waals surface area contributed by atoms with Crippen LogP contribution in [0.15, 0.2) is 24.5 Å². The van der Waals surface area contributed by atoms with Gasteiger partial charge in [0, 0.05) is 25.5 Å². The molecule has 0 saturated carbocycles. The van der Waals surface area contributed by atoms with Crippen molar-refractivity contribution in [2.45, 2.75) is 25.3 Å². The Kier molecular flexibility index (Phi) is 6.47. The molecule has 1 aromatic rings. The lowest BCUT2D eigenvalue weighted by atomic mass is 10.2. The molecule has 1 rings (SSSR count). The van der Waals surface area contributed by atoms with Crippen LogP contribution in [0, 0.1) is 11.3 Å². The number of nitriles is 1. The van der Waals surface area contributed by atoms with Gasteiger partial charge in [0.05, 0.1) is 12.5 Å². The van der Waals surface area contributed by atoms with Gasteiger partial charge in [-0.1, -0.05) is 6.07 Å². The Morgan fingerprint density at radius 2 is 2.35 bits per heavy atom. The molecule has 0 fully saturated rings. The summed E-state index contributed by atoms with van der Waals surface area (Å²) in [7, 11) is 0. The van der Waals surface area contributed by atoms with Crippen LogP contribution in [-0.2, 0) is 11.3 Å². The fourth-order valence-electron chi connectivity index (χ4n) is 1.43. The molecule has 6 nitrogen and oxygen atoms in total. The summed E-state index contributed by atoms with van der Waals surface area (Å²) in [5, 5.41) is 10.0. The van der Waals surface area contributed by atoms with Crippen LogP contribution in [0.4, 0.5) is 4.79 Å². The van der Waals surface area contributed by atoms with Crippen molar-refractivity contribution in [3.63, 3.8) is 0 Å². The highest BCUT2D eigenvalue weighted by Crippen LogP contribution is 2.04. The van der Waals surface area contributed by atoms with Crippen molar-refractivity contribution in [3.8, 4) is 6.07 Å². The predicted molar refractivity (Wildman–Crippen MR) is 73.7 cm³/mol. The van der Waals surface area contributed by atoms with Gasteiger partial charge in [0.1, 0.15) is 5.38 Å². The molecule has 1 aromatic heterocycles. The number of nitrogens with zero attached hydrogens (tertiary/aromatic N) is 3. The first-order valence-electron chi connectivity index (χ1n) is 6.04. The van der Waals surface area contributed by atoms with Crippen LogP contribution >= 0.6 is 11.6 Å². The van der Waals surface area contributed by atoms with Gasteiger partial charge in [0.25, 0.3) is 0 Å². The van der Waals surface area contributed by atoms with E-state index in [1.54, 1.807) is 18.5 Å². The van der Waals surface area contributed by atoms with Crippen LogP contribution in [0.5, 0.6) is 0 Å². The molecule has 0 aromatic carbocycles. The monoisotopic (exact) mass is 294 g/mol. The molecule has 3 amide bonds. The fourth-order valence-corrected chi connectivity index (χ4v) is 1.49. The van der Waals surface area contributed by atoms with E-state index in [0.717, 1.165) is 5.56 Å². The molecule has 20 heavy (non-hydrogen) atoms. The third kappa shape index (κ3) is 5.24. The highest BCUT2D eigenvalue weighted by Gasteiger charge is 2.18. The number of amides is 3.